The number of benzene rings is 3. The normalized spacial score (nSPS) is 11.2. The van der Waals surface area contributed by atoms with Crippen LogP contribution in [0.5, 0.6) is 28.9 Å². The Morgan fingerprint density at radius 3 is 2.40 bits per heavy atom. The molecule has 0 aliphatic rings. The van der Waals surface area contributed by atoms with Crippen molar-refractivity contribution in [2.45, 2.75) is 26.5 Å². The van der Waals surface area contributed by atoms with E-state index in [1.807, 2.05) is 32.0 Å². The van der Waals surface area contributed by atoms with Gasteiger partial charge in [-0.2, -0.15) is 8.75 Å². The van der Waals surface area contributed by atoms with Crippen molar-refractivity contribution >= 4 is 45.8 Å². The Morgan fingerprint density at radius 2 is 1.71 bits per heavy atom. The fourth-order valence-corrected chi connectivity index (χ4v) is 5.17. The standard InChI is InChI=1S/C29H27N3O9S/c1-15(2)40-25-12-22-19(11-24(25)38-4)27(18-7-6-17(37-3)10-23(18)39-14-26(33)34)28(41-29(35)36)32(22)13-16-5-8-20-21(9-16)31-42-30-20/h5-12,15H,13-14H2,1-4H3,(H,33,34)(H,35,36). The minimum absolute atomic E-state index is 0.0110. The number of hydrogen-bond donors (Lipinski definition) is 2. The van der Waals surface area contributed by atoms with Crippen LogP contribution in [-0.4, -0.2) is 62.6 Å². The molecule has 0 aliphatic heterocycles. The van der Waals surface area contributed by atoms with Gasteiger partial charge >= 0.3 is 12.1 Å². The molecule has 3 aromatic carbocycles. The molecule has 0 spiro atoms. The van der Waals surface area contributed by atoms with Gasteiger partial charge in [-0.3, -0.25) is 0 Å². The highest BCUT2D eigenvalue weighted by Gasteiger charge is 2.27. The van der Waals surface area contributed by atoms with E-state index >= 15 is 0 Å². The van der Waals surface area contributed by atoms with Gasteiger partial charge in [-0.15, -0.1) is 0 Å². The van der Waals surface area contributed by atoms with Crippen LogP contribution in [0.3, 0.4) is 0 Å². The fraction of sp³-hybridized carbons (Fsp3) is 0.241. The van der Waals surface area contributed by atoms with E-state index < -0.39 is 18.7 Å². The Bertz CT molecular complexity index is 1790. The van der Waals surface area contributed by atoms with Crippen molar-refractivity contribution < 1.29 is 43.5 Å². The number of methoxy groups -OCH3 is 2. The Labute approximate surface area is 243 Å². The van der Waals surface area contributed by atoms with Gasteiger partial charge in [-0.25, -0.2) is 9.59 Å². The van der Waals surface area contributed by atoms with Gasteiger partial charge in [0.2, 0.25) is 5.88 Å². The number of hydrogen-bond acceptors (Lipinski definition) is 10. The van der Waals surface area contributed by atoms with Gasteiger partial charge in [0.05, 0.1) is 49.7 Å². The van der Waals surface area contributed by atoms with Gasteiger partial charge in [-0.1, -0.05) is 6.07 Å². The predicted molar refractivity (Wildman–Crippen MR) is 155 cm³/mol. The summed E-state index contributed by atoms with van der Waals surface area (Å²) in [5.41, 5.74) is 3.58. The molecule has 0 atom stereocenters. The third-order valence-electron chi connectivity index (χ3n) is 6.32. The number of carboxylic acid groups (broad SMARTS) is 2. The molecule has 2 aromatic heterocycles. The third kappa shape index (κ3) is 5.72. The summed E-state index contributed by atoms with van der Waals surface area (Å²) in [4.78, 5) is 23.5. The lowest BCUT2D eigenvalue weighted by molar-refractivity contribution is -0.139. The number of nitrogens with zero attached hydrogens (tertiary/aromatic N) is 3. The van der Waals surface area contributed by atoms with E-state index in [-0.39, 0.29) is 24.3 Å². The highest BCUT2D eigenvalue weighted by Crippen LogP contribution is 2.48. The van der Waals surface area contributed by atoms with E-state index in [4.69, 9.17) is 23.7 Å². The van der Waals surface area contributed by atoms with Gasteiger partial charge in [0.1, 0.15) is 22.5 Å². The van der Waals surface area contributed by atoms with Crippen LogP contribution < -0.4 is 23.7 Å². The summed E-state index contributed by atoms with van der Waals surface area (Å²) in [6, 6.07) is 13.9. The highest BCUT2D eigenvalue weighted by molar-refractivity contribution is 7.00. The molecule has 42 heavy (non-hydrogen) atoms. The van der Waals surface area contributed by atoms with Crippen molar-refractivity contribution in [2.75, 3.05) is 20.8 Å². The lowest BCUT2D eigenvalue weighted by Gasteiger charge is -2.15. The van der Waals surface area contributed by atoms with Crippen molar-refractivity contribution in [3.05, 3.63) is 54.1 Å². The second kappa shape index (κ2) is 11.8. The summed E-state index contributed by atoms with van der Waals surface area (Å²) in [5, 5.41) is 19.7. The molecule has 218 valence electrons. The maximum Gasteiger partial charge on any atom is 0.512 e. The number of rotatable bonds is 11. The number of aromatic nitrogens is 3. The Balaban J connectivity index is 1.82. The van der Waals surface area contributed by atoms with Crippen LogP contribution in [0.2, 0.25) is 0 Å². The van der Waals surface area contributed by atoms with E-state index in [1.165, 1.54) is 20.3 Å². The summed E-state index contributed by atoms with van der Waals surface area (Å²) >= 11 is 1.10. The van der Waals surface area contributed by atoms with Gasteiger partial charge in [0, 0.05) is 23.1 Å². The minimum atomic E-state index is -1.54. The first-order valence-corrected chi connectivity index (χ1v) is 13.5. The van der Waals surface area contributed by atoms with E-state index in [1.54, 1.807) is 28.8 Å². The van der Waals surface area contributed by atoms with Crippen molar-refractivity contribution in [1.82, 2.24) is 13.3 Å². The number of carbonyl (C=O) groups is 2. The molecule has 0 radical (unpaired) electrons. The number of ether oxygens (including phenoxy) is 5. The summed E-state index contributed by atoms with van der Waals surface area (Å²) in [6.45, 7) is 3.33. The first kappa shape index (κ1) is 28.5. The molecule has 0 aliphatic carbocycles. The number of fused-ring (bicyclic) bond motifs is 2. The predicted octanol–water partition coefficient (Wildman–Crippen LogP) is 5.69. The molecule has 2 heterocycles. The molecular weight excluding hydrogens is 566 g/mol. The monoisotopic (exact) mass is 593 g/mol. The van der Waals surface area contributed by atoms with Gasteiger partial charge in [-0.05, 0) is 49.7 Å². The molecule has 0 unspecified atom stereocenters. The largest absolute Gasteiger partial charge is 0.512 e. The zero-order chi connectivity index (χ0) is 30.0. The summed E-state index contributed by atoms with van der Waals surface area (Å²) in [5.74, 6) is 0.234. The van der Waals surface area contributed by atoms with Crippen LogP contribution in [0.1, 0.15) is 19.4 Å². The molecule has 0 bridgehead atoms. The van der Waals surface area contributed by atoms with Crippen molar-refractivity contribution in [3.63, 3.8) is 0 Å². The summed E-state index contributed by atoms with van der Waals surface area (Å²) in [6.07, 6.45) is -1.71. The smallest absolute Gasteiger partial charge is 0.497 e. The van der Waals surface area contributed by atoms with E-state index in [0.717, 1.165) is 22.8 Å². The average Bonchev–Trinajstić information content (AvgIpc) is 3.53. The van der Waals surface area contributed by atoms with E-state index in [9.17, 15) is 19.8 Å². The highest BCUT2D eigenvalue weighted by atomic mass is 32.1. The molecule has 0 saturated heterocycles. The lowest BCUT2D eigenvalue weighted by atomic mass is 10.0. The Kier molecular flexibility index (Phi) is 8.02. The average molecular weight is 594 g/mol. The number of carboxylic acids is 1. The van der Waals surface area contributed by atoms with Crippen molar-refractivity contribution in [2.24, 2.45) is 0 Å². The molecule has 0 saturated carbocycles. The summed E-state index contributed by atoms with van der Waals surface area (Å²) < 4.78 is 38.4. The zero-order valence-electron chi connectivity index (χ0n) is 23.1. The Hall–Kier alpha value is -5.04. The molecule has 5 aromatic rings. The van der Waals surface area contributed by atoms with E-state index in [0.29, 0.717) is 44.8 Å². The molecule has 13 heteroatoms. The molecule has 0 amide bonds. The molecule has 5 rings (SSSR count). The molecule has 2 N–H and O–H groups in total. The van der Waals surface area contributed by atoms with Gasteiger partial charge < -0.3 is 38.5 Å². The zero-order valence-corrected chi connectivity index (χ0v) is 23.9. The van der Waals surface area contributed by atoms with Gasteiger partial charge in [0.25, 0.3) is 0 Å². The topological polar surface area (TPSA) is 151 Å². The molecular formula is C29H27N3O9S. The third-order valence-corrected chi connectivity index (χ3v) is 6.87. The maximum absolute atomic E-state index is 12.1. The number of aliphatic carboxylic acids is 1. The first-order chi connectivity index (χ1) is 20.2. The SMILES string of the molecule is COc1ccc(-c2c(OC(=O)O)n(Cc3ccc4nsnc4c3)c3cc(OC(C)C)c(OC)cc23)c(OCC(=O)O)c1. The quantitative estimate of drug-likeness (QED) is 0.182. The first-order valence-electron chi connectivity index (χ1n) is 12.7. The van der Waals surface area contributed by atoms with Crippen molar-refractivity contribution in [1.29, 1.82) is 0 Å². The van der Waals surface area contributed by atoms with Crippen LogP contribution in [0.25, 0.3) is 33.1 Å². The second-order valence-corrected chi connectivity index (χ2v) is 9.98. The lowest BCUT2D eigenvalue weighted by Crippen LogP contribution is -2.11. The van der Waals surface area contributed by atoms with Crippen LogP contribution in [0.4, 0.5) is 4.79 Å². The summed E-state index contributed by atoms with van der Waals surface area (Å²) in [7, 11) is 2.97. The van der Waals surface area contributed by atoms with Crippen molar-refractivity contribution in [3.8, 4) is 40.0 Å². The van der Waals surface area contributed by atoms with Crippen LogP contribution >= 0.6 is 11.7 Å². The second-order valence-electron chi connectivity index (χ2n) is 9.45. The molecule has 0 fully saturated rings. The Morgan fingerprint density at radius 1 is 0.929 bits per heavy atom. The van der Waals surface area contributed by atoms with Crippen LogP contribution in [-0.2, 0) is 11.3 Å². The van der Waals surface area contributed by atoms with Crippen LogP contribution in [0, 0.1) is 0 Å². The molecule has 12 nitrogen and oxygen atoms in total. The van der Waals surface area contributed by atoms with E-state index in [2.05, 4.69) is 8.75 Å². The minimum Gasteiger partial charge on any atom is -0.497 e. The fourth-order valence-electron chi connectivity index (χ4n) is 4.65. The van der Waals surface area contributed by atoms with Crippen LogP contribution in [0.15, 0.2) is 48.5 Å². The van der Waals surface area contributed by atoms with Gasteiger partial charge in [0.15, 0.2) is 18.1 Å². The maximum atomic E-state index is 12.1.